The maximum atomic E-state index is 12.3. The quantitative estimate of drug-likeness (QED) is 0.716. The molecule has 0 fully saturated rings. The highest BCUT2D eigenvalue weighted by Gasteiger charge is 2.13. The van der Waals surface area contributed by atoms with Crippen molar-refractivity contribution in [3.8, 4) is 0 Å². The standard InChI is InChI=1S/C15H15N5O3/c1-18-12(8-13(21)19(2)15(18)23)14(22)16-9-10-4-3-7-20-11(10)5-6-17-20/h3-8H,9H2,1-2H3,(H,16,22). The Hall–Kier alpha value is -3.16. The van der Waals surface area contributed by atoms with E-state index < -0.39 is 17.2 Å². The van der Waals surface area contributed by atoms with Gasteiger partial charge in [-0.15, -0.1) is 0 Å². The maximum Gasteiger partial charge on any atom is 0.331 e. The number of hydrogen-bond donors (Lipinski definition) is 1. The van der Waals surface area contributed by atoms with Gasteiger partial charge >= 0.3 is 5.69 Å². The topological polar surface area (TPSA) is 90.4 Å². The minimum atomic E-state index is -0.541. The Kier molecular flexibility index (Phi) is 3.57. The van der Waals surface area contributed by atoms with Crippen molar-refractivity contribution in [3.63, 3.8) is 0 Å². The molecule has 1 amide bonds. The average Bonchev–Trinajstić information content (AvgIpc) is 3.03. The molecule has 8 heteroatoms. The first-order valence-electron chi connectivity index (χ1n) is 6.95. The van der Waals surface area contributed by atoms with E-state index in [1.165, 1.54) is 14.1 Å². The minimum absolute atomic E-state index is 0.0264. The molecule has 0 saturated heterocycles. The van der Waals surface area contributed by atoms with E-state index in [0.717, 1.165) is 26.3 Å². The number of nitrogens with zero attached hydrogens (tertiary/aromatic N) is 4. The lowest BCUT2D eigenvalue weighted by Crippen LogP contribution is -2.41. The van der Waals surface area contributed by atoms with Crippen LogP contribution in [0, 0.1) is 0 Å². The molecule has 118 valence electrons. The Labute approximate surface area is 130 Å². The fraction of sp³-hybridized carbons (Fsp3) is 0.200. The molecule has 0 aliphatic heterocycles. The molecule has 0 spiro atoms. The van der Waals surface area contributed by atoms with Crippen LogP contribution in [0.1, 0.15) is 16.1 Å². The molecule has 0 aromatic carbocycles. The largest absolute Gasteiger partial charge is 0.347 e. The Bertz CT molecular complexity index is 1010. The van der Waals surface area contributed by atoms with Gasteiger partial charge in [-0.25, -0.2) is 9.31 Å². The molecule has 0 saturated carbocycles. The van der Waals surface area contributed by atoms with Gasteiger partial charge in [-0.05, 0) is 17.7 Å². The van der Waals surface area contributed by atoms with E-state index in [1.54, 1.807) is 10.7 Å². The third-order valence-electron chi connectivity index (χ3n) is 3.72. The normalized spacial score (nSPS) is 10.9. The van der Waals surface area contributed by atoms with Crippen LogP contribution in [0.2, 0.25) is 0 Å². The molecule has 0 atom stereocenters. The number of nitrogens with one attached hydrogen (secondary N) is 1. The first kappa shape index (κ1) is 14.8. The van der Waals surface area contributed by atoms with Gasteiger partial charge in [-0.1, -0.05) is 6.07 Å². The van der Waals surface area contributed by atoms with Crippen molar-refractivity contribution in [3.05, 3.63) is 68.8 Å². The smallest absolute Gasteiger partial charge is 0.331 e. The summed E-state index contributed by atoms with van der Waals surface area (Å²) >= 11 is 0. The van der Waals surface area contributed by atoms with E-state index in [-0.39, 0.29) is 12.2 Å². The zero-order valence-corrected chi connectivity index (χ0v) is 12.7. The lowest BCUT2D eigenvalue weighted by atomic mass is 10.2. The summed E-state index contributed by atoms with van der Waals surface area (Å²) in [5.41, 5.74) is 0.730. The van der Waals surface area contributed by atoms with Gasteiger partial charge in [-0.3, -0.25) is 18.7 Å². The Morgan fingerprint density at radius 2 is 2.00 bits per heavy atom. The number of carbonyl (C=O) groups excluding carboxylic acids is 1. The fourth-order valence-electron chi connectivity index (χ4n) is 2.38. The molecule has 8 nitrogen and oxygen atoms in total. The van der Waals surface area contributed by atoms with E-state index in [2.05, 4.69) is 10.4 Å². The van der Waals surface area contributed by atoms with Crippen LogP contribution >= 0.6 is 0 Å². The lowest BCUT2D eigenvalue weighted by Gasteiger charge is -2.10. The van der Waals surface area contributed by atoms with Crippen LogP contribution in [-0.4, -0.2) is 24.7 Å². The summed E-state index contributed by atoms with van der Waals surface area (Å²) in [6, 6.07) is 6.70. The minimum Gasteiger partial charge on any atom is -0.347 e. The van der Waals surface area contributed by atoms with Gasteiger partial charge in [0.25, 0.3) is 11.5 Å². The van der Waals surface area contributed by atoms with Crippen molar-refractivity contribution in [1.82, 2.24) is 24.1 Å². The summed E-state index contributed by atoms with van der Waals surface area (Å²) in [5, 5.41) is 6.85. The van der Waals surface area contributed by atoms with Crippen LogP contribution in [0.15, 0.2) is 46.2 Å². The summed E-state index contributed by atoms with van der Waals surface area (Å²) in [6.45, 7) is 0.262. The Morgan fingerprint density at radius 3 is 2.78 bits per heavy atom. The van der Waals surface area contributed by atoms with Gasteiger partial charge in [0, 0.05) is 39.1 Å². The predicted octanol–water partition coefficient (Wildman–Crippen LogP) is -0.338. The van der Waals surface area contributed by atoms with Crippen molar-refractivity contribution >= 4 is 11.4 Å². The third kappa shape index (κ3) is 2.54. The van der Waals surface area contributed by atoms with Crippen LogP contribution in [0.5, 0.6) is 0 Å². The molecule has 0 aliphatic carbocycles. The zero-order valence-electron chi connectivity index (χ0n) is 12.7. The second kappa shape index (κ2) is 5.56. The number of rotatable bonds is 3. The van der Waals surface area contributed by atoms with Gasteiger partial charge in [0.15, 0.2) is 0 Å². The first-order chi connectivity index (χ1) is 11.0. The Morgan fingerprint density at radius 1 is 1.22 bits per heavy atom. The van der Waals surface area contributed by atoms with E-state index in [4.69, 9.17) is 0 Å². The molecule has 0 radical (unpaired) electrons. The number of carbonyl (C=O) groups is 1. The fourth-order valence-corrected chi connectivity index (χ4v) is 2.38. The van der Waals surface area contributed by atoms with Gasteiger partial charge in [0.2, 0.25) is 0 Å². The number of fused-ring (bicyclic) bond motifs is 1. The van der Waals surface area contributed by atoms with Gasteiger partial charge in [-0.2, -0.15) is 5.10 Å². The number of amides is 1. The molecule has 3 heterocycles. The summed E-state index contributed by atoms with van der Waals surface area (Å²) in [7, 11) is 2.82. The number of aromatic nitrogens is 4. The molecule has 23 heavy (non-hydrogen) atoms. The molecule has 3 aromatic heterocycles. The molecule has 3 rings (SSSR count). The summed E-state index contributed by atoms with van der Waals surface area (Å²) < 4.78 is 3.80. The van der Waals surface area contributed by atoms with E-state index in [0.29, 0.717) is 0 Å². The van der Waals surface area contributed by atoms with Crippen molar-refractivity contribution < 1.29 is 4.79 Å². The van der Waals surface area contributed by atoms with Crippen LogP contribution in [0.4, 0.5) is 0 Å². The lowest BCUT2D eigenvalue weighted by molar-refractivity contribution is 0.0940. The predicted molar refractivity (Wildman–Crippen MR) is 83.3 cm³/mol. The van der Waals surface area contributed by atoms with Crippen molar-refractivity contribution in [2.24, 2.45) is 14.1 Å². The Balaban J connectivity index is 1.87. The monoisotopic (exact) mass is 313 g/mol. The van der Waals surface area contributed by atoms with Crippen molar-refractivity contribution in [2.75, 3.05) is 0 Å². The number of hydrogen-bond acceptors (Lipinski definition) is 4. The summed E-state index contributed by atoms with van der Waals surface area (Å²) in [4.78, 5) is 35.8. The van der Waals surface area contributed by atoms with Crippen LogP contribution < -0.4 is 16.6 Å². The molecule has 0 unspecified atom stereocenters. The zero-order chi connectivity index (χ0) is 16.6. The van der Waals surface area contributed by atoms with Crippen LogP contribution in [0.3, 0.4) is 0 Å². The number of pyridine rings is 1. The molecule has 1 N–H and O–H groups in total. The van der Waals surface area contributed by atoms with Crippen LogP contribution in [-0.2, 0) is 20.6 Å². The van der Waals surface area contributed by atoms with E-state index >= 15 is 0 Å². The van der Waals surface area contributed by atoms with Crippen LogP contribution in [0.25, 0.3) is 5.52 Å². The van der Waals surface area contributed by atoms with E-state index in [1.807, 2.05) is 24.4 Å². The average molecular weight is 313 g/mol. The first-order valence-corrected chi connectivity index (χ1v) is 6.95. The highest BCUT2D eigenvalue weighted by molar-refractivity contribution is 5.92. The molecular weight excluding hydrogens is 298 g/mol. The van der Waals surface area contributed by atoms with Crippen molar-refractivity contribution in [1.29, 1.82) is 0 Å². The highest BCUT2D eigenvalue weighted by Crippen LogP contribution is 2.09. The second-order valence-electron chi connectivity index (χ2n) is 5.15. The van der Waals surface area contributed by atoms with Gasteiger partial charge < -0.3 is 5.32 Å². The summed E-state index contributed by atoms with van der Waals surface area (Å²) in [6.07, 6.45) is 3.48. The highest BCUT2D eigenvalue weighted by atomic mass is 16.2. The maximum absolute atomic E-state index is 12.3. The second-order valence-corrected chi connectivity index (χ2v) is 5.15. The molecular formula is C15H15N5O3. The molecule has 0 bridgehead atoms. The van der Waals surface area contributed by atoms with Gasteiger partial charge in [0.05, 0.1) is 5.52 Å². The van der Waals surface area contributed by atoms with Crippen molar-refractivity contribution in [2.45, 2.75) is 6.54 Å². The molecule has 3 aromatic rings. The van der Waals surface area contributed by atoms with Gasteiger partial charge in [0.1, 0.15) is 5.69 Å². The third-order valence-corrected chi connectivity index (χ3v) is 3.72. The molecule has 0 aliphatic rings. The summed E-state index contributed by atoms with van der Waals surface area (Å²) in [5.74, 6) is -0.483. The SMILES string of the molecule is Cn1c(C(=O)NCc2cccn3nccc23)cc(=O)n(C)c1=O. The van der Waals surface area contributed by atoms with E-state index in [9.17, 15) is 14.4 Å².